The molecule has 1 aromatic heterocycles. The summed E-state index contributed by atoms with van der Waals surface area (Å²) in [7, 11) is 0. The summed E-state index contributed by atoms with van der Waals surface area (Å²) in [4.78, 5) is 0. The first-order valence-corrected chi connectivity index (χ1v) is 5.75. The number of fused-ring (bicyclic) bond motifs is 2. The SMILES string of the molecule is FC1=CC2=c3ccsc3=CC=CC2=CC1. The summed E-state index contributed by atoms with van der Waals surface area (Å²) < 4.78 is 14.5. The normalized spacial score (nSPS) is 18.3. The van der Waals surface area contributed by atoms with Gasteiger partial charge in [-0.3, -0.25) is 0 Å². The average molecular weight is 216 g/mol. The zero-order valence-electron chi connectivity index (χ0n) is 8.03. The van der Waals surface area contributed by atoms with Gasteiger partial charge in [-0.25, -0.2) is 4.39 Å². The maximum absolute atomic E-state index is 13.3. The first kappa shape index (κ1) is 8.86. The van der Waals surface area contributed by atoms with Crippen LogP contribution in [0, 0.1) is 0 Å². The second-order valence-corrected chi connectivity index (χ2v) is 4.54. The lowest BCUT2D eigenvalue weighted by Gasteiger charge is -2.08. The third-order valence-corrected chi connectivity index (χ3v) is 3.52. The van der Waals surface area contributed by atoms with Gasteiger partial charge in [0.15, 0.2) is 0 Å². The van der Waals surface area contributed by atoms with Crippen molar-refractivity contribution in [3.63, 3.8) is 0 Å². The highest BCUT2D eigenvalue weighted by molar-refractivity contribution is 7.07. The van der Waals surface area contributed by atoms with Crippen molar-refractivity contribution in [3.05, 3.63) is 56.9 Å². The third kappa shape index (κ3) is 1.41. The van der Waals surface area contributed by atoms with Gasteiger partial charge in [-0.1, -0.05) is 18.2 Å². The van der Waals surface area contributed by atoms with Crippen molar-refractivity contribution in [2.75, 3.05) is 0 Å². The van der Waals surface area contributed by atoms with Gasteiger partial charge in [0, 0.05) is 16.2 Å². The van der Waals surface area contributed by atoms with Crippen molar-refractivity contribution in [1.29, 1.82) is 0 Å². The van der Waals surface area contributed by atoms with Crippen LogP contribution in [0.2, 0.25) is 0 Å². The molecule has 74 valence electrons. The summed E-state index contributed by atoms with van der Waals surface area (Å²) in [5, 5.41) is 3.19. The predicted molar refractivity (Wildman–Crippen MR) is 62.5 cm³/mol. The quantitative estimate of drug-likeness (QED) is 0.625. The molecule has 0 nitrogen and oxygen atoms in total. The molecule has 1 heterocycles. The summed E-state index contributed by atoms with van der Waals surface area (Å²) in [6, 6.07) is 2.06. The number of rotatable bonds is 0. The molecule has 3 rings (SSSR count). The van der Waals surface area contributed by atoms with Crippen LogP contribution in [-0.2, 0) is 0 Å². The molecule has 0 saturated heterocycles. The Hall–Kier alpha value is -1.41. The molecule has 0 amide bonds. The number of halogens is 1. The second-order valence-electron chi connectivity index (χ2n) is 3.59. The Morgan fingerprint density at radius 3 is 3.20 bits per heavy atom. The molecule has 0 aliphatic heterocycles. The highest BCUT2D eigenvalue weighted by Crippen LogP contribution is 2.25. The molecule has 2 aliphatic carbocycles. The van der Waals surface area contributed by atoms with Gasteiger partial charge in [0.2, 0.25) is 0 Å². The van der Waals surface area contributed by atoms with Crippen LogP contribution in [0.1, 0.15) is 6.42 Å². The Morgan fingerprint density at radius 1 is 1.33 bits per heavy atom. The largest absolute Gasteiger partial charge is 0.211 e. The van der Waals surface area contributed by atoms with Crippen LogP contribution >= 0.6 is 11.3 Å². The minimum absolute atomic E-state index is 0.0544. The van der Waals surface area contributed by atoms with Gasteiger partial charge in [0.1, 0.15) is 5.83 Å². The van der Waals surface area contributed by atoms with Gasteiger partial charge in [-0.05, 0) is 34.7 Å². The molecular weight excluding hydrogens is 207 g/mol. The maximum atomic E-state index is 13.3. The first-order valence-electron chi connectivity index (χ1n) is 4.87. The van der Waals surface area contributed by atoms with E-state index in [0.717, 1.165) is 16.4 Å². The van der Waals surface area contributed by atoms with E-state index in [1.165, 1.54) is 4.53 Å². The standard InChI is InChI=1S/C13H9FS/c14-10-5-4-9-2-1-3-13-11(6-7-15-13)12(9)8-10/h1-4,6-8H,5H2. The Morgan fingerprint density at radius 2 is 2.27 bits per heavy atom. The fraction of sp³-hybridized carbons (Fsp3) is 0.0769. The zero-order chi connectivity index (χ0) is 10.3. The molecule has 2 aliphatic rings. The molecule has 0 aromatic carbocycles. The Labute approximate surface area is 91.1 Å². The molecule has 0 radical (unpaired) electrons. The molecule has 0 spiro atoms. The van der Waals surface area contributed by atoms with E-state index in [1.807, 2.05) is 23.6 Å². The fourth-order valence-electron chi connectivity index (χ4n) is 1.92. The maximum Gasteiger partial charge on any atom is 0.104 e. The highest BCUT2D eigenvalue weighted by atomic mass is 32.1. The molecule has 0 unspecified atom stereocenters. The van der Waals surface area contributed by atoms with Crippen molar-refractivity contribution < 1.29 is 4.39 Å². The summed E-state index contributed by atoms with van der Waals surface area (Å²) in [6.45, 7) is 0. The number of thiophene rings is 1. The van der Waals surface area contributed by atoms with Gasteiger partial charge in [-0.2, -0.15) is 0 Å². The fourth-order valence-corrected chi connectivity index (χ4v) is 2.73. The first-order chi connectivity index (χ1) is 7.34. The summed E-state index contributed by atoms with van der Waals surface area (Å²) in [5.74, 6) is -0.0544. The number of hydrogen-bond donors (Lipinski definition) is 0. The molecule has 0 atom stereocenters. The Bertz CT molecular complexity index is 611. The van der Waals surface area contributed by atoms with E-state index in [1.54, 1.807) is 17.4 Å². The van der Waals surface area contributed by atoms with E-state index in [2.05, 4.69) is 12.1 Å². The van der Waals surface area contributed by atoms with E-state index >= 15 is 0 Å². The van der Waals surface area contributed by atoms with E-state index in [9.17, 15) is 4.39 Å². The molecule has 15 heavy (non-hydrogen) atoms. The molecule has 0 saturated carbocycles. The van der Waals surface area contributed by atoms with E-state index in [-0.39, 0.29) is 5.83 Å². The third-order valence-electron chi connectivity index (χ3n) is 2.64. The van der Waals surface area contributed by atoms with Gasteiger partial charge in [-0.15, -0.1) is 11.3 Å². The van der Waals surface area contributed by atoms with E-state index in [0.29, 0.717) is 6.42 Å². The van der Waals surface area contributed by atoms with Crippen molar-refractivity contribution in [1.82, 2.24) is 0 Å². The van der Waals surface area contributed by atoms with Crippen LogP contribution in [0.5, 0.6) is 0 Å². The molecule has 0 N–H and O–H groups in total. The lowest BCUT2D eigenvalue weighted by Crippen LogP contribution is -2.20. The molecule has 0 bridgehead atoms. The average Bonchev–Trinajstić information content (AvgIpc) is 2.62. The topological polar surface area (TPSA) is 0 Å². The minimum Gasteiger partial charge on any atom is -0.211 e. The summed E-state index contributed by atoms with van der Waals surface area (Å²) >= 11 is 1.69. The number of allylic oxidation sites excluding steroid dienone is 6. The summed E-state index contributed by atoms with van der Waals surface area (Å²) in [5.41, 5.74) is 2.14. The monoisotopic (exact) mass is 216 g/mol. The predicted octanol–water partition coefficient (Wildman–Crippen LogP) is 2.43. The Balaban J connectivity index is 2.43. The Kier molecular flexibility index (Phi) is 1.96. The van der Waals surface area contributed by atoms with Gasteiger partial charge in [0.25, 0.3) is 0 Å². The molecule has 2 heteroatoms. The van der Waals surface area contributed by atoms with E-state index < -0.39 is 0 Å². The van der Waals surface area contributed by atoms with Crippen LogP contribution in [0.4, 0.5) is 4.39 Å². The second kappa shape index (κ2) is 3.31. The highest BCUT2D eigenvalue weighted by Gasteiger charge is 2.10. The van der Waals surface area contributed by atoms with Crippen molar-refractivity contribution >= 4 is 23.0 Å². The zero-order valence-corrected chi connectivity index (χ0v) is 8.85. The summed E-state index contributed by atoms with van der Waals surface area (Å²) in [6.07, 6.45) is 10.2. The van der Waals surface area contributed by atoms with Crippen molar-refractivity contribution in [2.45, 2.75) is 6.42 Å². The minimum atomic E-state index is -0.0544. The number of hydrogen-bond acceptors (Lipinski definition) is 1. The van der Waals surface area contributed by atoms with Gasteiger partial charge in [0.05, 0.1) is 0 Å². The van der Waals surface area contributed by atoms with Crippen LogP contribution in [-0.4, -0.2) is 0 Å². The van der Waals surface area contributed by atoms with Crippen LogP contribution in [0.25, 0.3) is 11.6 Å². The molecule has 0 fully saturated rings. The van der Waals surface area contributed by atoms with Crippen LogP contribution in [0.15, 0.2) is 47.2 Å². The van der Waals surface area contributed by atoms with Gasteiger partial charge < -0.3 is 0 Å². The smallest absolute Gasteiger partial charge is 0.104 e. The van der Waals surface area contributed by atoms with Crippen LogP contribution < -0.4 is 9.75 Å². The van der Waals surface area contributed by atoms with Gasteiger partial charge >= 0.3 is 0 Å². The lowest BCUT2D eigenvalue weighted by molar-refractivity contribution is 0.616. The van der Waals surface area contributed by atoms with E-state index in [4.69, 9.17) is 0 Å². The van der Waals surface area contributed by atoms with Crippen molar-refractivity contribution in [3.8, 4) is 0 Å². The lowest BCUT2D eigenvalue weighted by atomic mass is 9.98. The van der Waals surface area contributed by atoms with Crippen LogP contribution in [0.3, 0.4) is 0 Å². The van der Waals surface area contributed by atoms with Crippen molar-refractivity contribution in [2.24, 2.45) is 0 Å². The molecular formula is C13H9FS. The molecule has 1 aromatic rings.